The molecule has 1 atom stereocenters. The van der Waals surface area contributed by atoms with Gasteiger partial charge < -0.3 is 10.1 Å². The molecule has 0 rings (SSSR count). The van der Waals surface area contributed by atoms with Crippen LogP contribution in [0.15, 0.2) is 0 Å². The Morgan fingerprint density at radius 2 is 1.69 bits per heavy atom. The van der Waals surface area contributed by atoms with Crippen LogP contribution in [0.25, 0.3) is 0 Å². The molecule has 2 nitrogen and oxygen atoms in total. The first kappa shape index (κ1) is 12.9. The minimum atomic E-state index is 0.347. The molecule has 1 N–H and O–H groups in total. The van der Waals surface area contributed by atoms with Crippen LogP contribution in [0.5, 0.6) is 0 Å². The van der Waals surface area contributed by atoms with Gasteiger partial charge in [-0.2, -0.15) is 0 Å². The monoisotopic (exact) mass is 187 g/mol. The van der Waals surface area contributed by atoms with Crippen molar-refractivity contribution in [2.45, 2.75) is 46.6 Å². The number of hydrogen-bond acceptors (Lipinski definition) is 2. The Balaban J connectivity index is 3.32. The van der Waals surface area contributed by atoms with E-state index < -0.39 is 0 Å². The van der Waals surface area contributed by atoms with Gasteiger partial charge in [-0.1, -0.05) is 26.7 Å². The summed E-state index contributed by atoms with van der Waals surface area (Å²) < 4.78 is 5.43. The summed E-state index contributed by atoms with van der Waals surface area (Å²) in [5.41, 5.74) is 0. The van der Waals surface area contributed by atoms with Gasteiger partial charge in [-0.05, 0) is 26.3 Å². The lowest BCUT2D eigenvalue weighted by molar-refractivity contribution is 0.0754. The molecular weight excluding hydrogens is 162 g/mol. The predicted octanol–water partition coefficient (Wildman–Crippen LogP) is 2.44. The molecule has 13 heavy (non-hydrogen) atoms. The van der Waals surface area contributed by atoms with Gasteiger partial charge in [-0.3, -0.25) is 0 Å². The molecule has 2 heteroatoms. The lowest BCUT2D eigenvalue weighted by Crippen LogP contribution is -2.30. The Kier molecular flexibility index (Phi) is 8.46. The highest BCUT2D eigenvalue weighted by atomic mass is 16.5. The van der Waals surface area contributed by atoms with E-state index in [4.69, 9.17) is 4.74 Å². The van der Waals surface area contributed by atoms with Gasteiger partial charge in [0, 0.05) is 13.2 Å². The highest BCUT2D eigenvalue weighted by Gasteiger charge is 2.04. The summed E-state index contributed by atoms with van der Waals surface area (Å²) in [6.07, 6.45) is 2.89. The number of ether oxygens (including phenoxy) is 1. The third kappa shape index (κ3) is 7.03. The summed E-state index contributed by atoms with van der Waals surface area (Å²) in [4.78, 5) is 0. The summed E-state index contributed by atoms with van der Waals surface area (Å²) in [5.74, 6) is 0.828. The Hall–Kier alpha value is -0.0800. The Bertz CT molecular complexity index is 102. The van der Waals surface area contributed by atoms with Crippen LogP contribution >= 0.6 is 0 Å². The van der Waals surface area contributed by atoms with Gasteiger partial charge in [0.25, 0.3) is 0 Å². The molecule has 0 bridgehead atoms. The maximum atomic E-state index is 5.43. The van der Waals surface area contributed by atoms with E-state index in [0.29, 0.717) is 6.10 Å². The molecular formula is C11H25NO. The molecule has 0 aliphatic carbocycles. The average Bonchev–Trinajstić information content (AvgIpc) is 2.13. The Morgan fingerprint density at radius 3 is 2.15 bits per heavy atom. The van der Waals surface area contributed by atoms with E-state index >= 15 is 0 Å². The van der Waals surface area contributed by atoms with Crippen LogP contribution in [-0.2, 0) is 4.74 Å². The Morgan fingerprint density at radius 1 is 1.08 bits per heavy atom. The molecule has 0 aliphatic rings. The van der Waals surface area contributed by atoms with Gasteiger partial charge in [-0.15, -0.1) is 0 Å². The van der Waals surface area contributed by atoms with Crippen LogP contribution in [-0.4, -0.2) is 25.8 Å². The van der Waals surface area contributed by atoms with E-state index in [1.54, 1.807) is 0 Å². The quantitative estimate of drug-likeness (QED) is 0.630. The van der Waals surface area contributed by atoms with Crippen LogP contribution < -0.4 is 5.32 Å². The third-order valence-corrected chi connectivity index (χ3v) is 2.47. The minimum absolute atomic E-state index is 0.347. The SMILES string of the molecule is CCOC(C)CNCC(CC)CC. The van der Waals surface area contributed by atoms with Crippen LogP contribution in [0.4, 0.5) is 0 Å². The summed E-state index contributed by atoms with van der Waals surface area (Å²) in [5, 5.41) is 3.45. The molecule has 80 valence electrons. The molecule has 0 amide bonds. The molecule has 0 aromatic heterocycles. The summed E-state index contributed by atoms with van der Waals surface area (Å²) >= 11 is 0. The fourth-order valence-electron chi connectivity index (χ4n) is 1.41. The molecule has 0 saturated heterocycles. The van der Waals surface area contributed by atoms with Crippen molar-refractivity contribution < 1.29 is 4.74 Å². The molecule has 1 unspecified atom stereocenters. The second-order valence-corrected chi connectivity index (χ2v) is 3.61. The lowest BCUT2D eigenvalue weighted by Gasteiger charge is -2.16. The lowest BCUT2D eigenvalue weighted by atomic mass is 10.0. The molecule has 0 heterocycles. The standard InChI is InChI=1S/C11H25NO/c1-5-11(6-2)9-12-8-10(4)13-7-3/h10-12H,5-9H2,1-4H3. The molecule has 0 radical (unpaired) electrons. The highest BCUT2D eigenvalue weighted by Crippen LogP contribution is 2.04. The average molecular weight is 187 g/mol. The fourth-order valence-corrected chi connectivity index (χ4v) is 1.41. The first-order valence-electron chi connectivity index (χ1n) is 5.56. The minimum Gasteiger partial charge on any atom is -0.377 e. The maximum Gasteiger partial charge on any atom is 0.0671 e. The van der Waals surface area contributed by atoms with Crippen molar-refractivity contribution >= 4 is 0 Å². The van der Waals surface area contributed by atoms with Gasteiger partial charge in [0.1, 0.15) is 0 Å². The van der Waals surface area contributed by atoms with E-state index in [2.05, 4.69) is 26.1 Å². The first-order valence-corrected chi connectivity index (χ1v) is 5.56. The van der Waals surface area contributed by atoms with E-state index in [-0.39, 0.29) is 0 Å². The molecule has 0 saturated carbocycles. The molecule has 0 aliphatic heterocycles. The van der Waals surface area contributed by atoms with E-state index in [1.165, 1.54) is 12.8 Å². The van der Waals surface area contributed by atoms with Crippen molar-refractivity contribution in [1.29, 1.82) is 0 Å². The van der Waals surface area contributed by atoms with Gasteiger partial charge in [0.2, 0.25) is 0 Å². The first-order chi connectivity index (χ1) is 6.24. The van der Waals surface area contributed by atoms with Crippen LogP contribution in [0.1, 0.15) is 40.5 Å². The Labute approximate surface area is 83.1 Å². The van der Waals surface area contributed by atoms with Crippen LogP contribution in [0.2, 0.25) is 0 Å². The summed E-state index contributed by atoms with van der Waals surface area (Å²) in [7, 11) is 0. The van der Waals surface area contributed by atoms with Crippen LogP contribution in [0, 0.1) is 5.92 Å². The van der Waals surface area contributed by atoms with E-state index in [1.807, 2.05) is 6.92 Å². The maximum absolute atomic E-state index is 5.43. The zero-order valence-corrected chi connectivity index (χ0v) is 9.60. The number of nitrogens with one attached hydrogen (secondary N) is 1. The smallest absolute Gasteiger partial charge is 0.0671 e. The highest BCUT2D eigenvalue weighted by molar-refractivity contribution is 4.61. The second kappa shape index (κ2) is 8.52. The largest absolute Gasteiger partial charge is 0.377 e. The summed E-state index contributed by atoms with van der Waals surface area (Å²) in [6.45, 7) is 11.6. The molecule has 0 spiro atoms. The summed E-state index contributed by atoms with van der Waals surface area (Å²) in [6, 6.07) is 0. The van der Waals surface area contributed by atoms with E-state index in [0.717, 1.165) is 25.6 Å². The van der Waals surface area contributed by atoms with Crippen molar-refractivity contribution in [1.82, 2.24) is 5.32 Å². The predicted molar refractivity (Wildman–Crippen MR) is 58.0 cm³/mol. The van der Waals surface area contributed by atoms with Gasteiger partial charge in [0.15, 0.2) is 0 Å². The van der Waals surface area contributed by atoms with Crippen molar-refractivity contribution in [3.63, 3.8) is 0 Å². The topological polar surface area (TPSA) is 21.3 Å². The van der Waals surface area contributed by atoms with Crippen molar-refractivity contribution in [2.24, 2.45) is 5.92 Å². The van der Waals surface area contributed by atoms with Crippen molar-refractivity contribution in [3.8, 4) is 0 Å². The number of rotatable bonds is 8. The molecule has 0 aromatic rings. The third-order valence-electron chi connectivity index (χ3n) is 2.47. The van der Waals surface area contributed by atoms with Gasteiger partial charge in [-0.25, -0.2) is 0 Å². The van der Waals surface area contributed by atoms with Gasteiger partial charge in [0.05, 0.1) is 6.10 Å². The van der Waals surface area contributed by atoms with Crippen LogP contribution in [0.3, 0.4) is 0 Å². The van der Waals surface area contributed by atoms with Crippen molar-refractivity contribution in [2.75, 3.05) is 19.7 Å². The fraction of sp³-hybridized carbons (Fsp3) is 1.00. The molecule has 0 aromatic carbocycles. The van der Waals surface area contributed by atoms with Crippen molar-refractivity contribution in [3.05, 3.63) is 0 Å². The van der Waals surface area contributed by atoms with E-state index in [9.17, 15) is 0 Å². The number of hydrogen-bond donors (Lipinski definition) is 1. The molecule has 0 fully saturated rings. The normalized spacial score (nSPS) is 13.6. The zero-order chi connectivity index (χ0) is 10.1. The van der Waals surface area contributed by atoms with Gasteiger partial charge >= 0.3 is 0 Å². The zero-order valence-electron chi connectivity index (χ0n) is 9.60. The second-order valence-electron chi connectivity index (χ2n) is 3.61.